The number of nitrogens with one attached hydrogen (secondary N) is 1. The number of carboxylic acids is 1. The Hall–Kier alpha value is -0.710. The highest BCUT2D eigenvalue weighted by Crippen LogP contribution is 2.24. The molecule has 0 saturated heterocycles. The second kappa shape index (κ2) is 6.59. The molecule has 6 nitrogen and oxygen atoms in total. The average molecular weight is 424 g/mol. The minimum absolute atomic E-state index is 0.00595. The molecule has 1 aliphatic carbocycles. The summed E-state index contributed by atoms with van der Waals surface area (Å²) in [7, 11) is -1.71. The highest BCUT2D eigenvalue weighted by Gasteiger charge is 2.26. The summed E-state index contributed by atoms with van der Waals surface area (Å²) in [5, 5.41) is 9.05. The van der Waals surface area contributed by atoms with Crippen molar-refractivity contribution >= 4 is 38.6 Å². The van der Waals surface area contributed by atoms with Gasteiger partial charge in [-0.3, -0.25) is 0 Å². The maximum absolute atomic E-state index is 12.2. The summed E-state index contributed by atoms with van der Waals surface area (Å²) in [5.41, 5.74) is -0.00595. The molecule has 2 rings (SSSR count). The van der Waals surface area contributed by atoms with Crippen LogP contribution >= 0.6 is 22.6 Å². The Morgan fingerprint density at radius 3 is 2.71 bits per heavy atom. The normalized spacial score (nSPS) is 15.4. The van der Waals surface area contributed by atoms with E-state index in [-0.39, 0.29) is 10.5 Å². The Kier molecular flexibility index (Phi) is 5.23. The minimum atomic E-state index is -3.68. The maximum atomic E-state index is 12.2. The molecule has 0 aromatic heterocycles. The monoisotopic (exact) mass is 424 g/mol. The van der Waals surface area contributed by atoms with E-state index >= 15 is 0 Å². The van der Waals surface area contributed by atoms with E-state index in [1.54, 1.807) is 0 Å². The zero-order chi connectivity index (χ0) is 15.6. The van der Waals surface area contributed by atoms with Crippen molar-refractivity contribution in [3.8, 4) is 0 Å². The molecule has 0 atom stereocenters. The van der Waals surface area contributed by atoms with Gasteiger partial charge in [0, 0.05) is 22.7 Å². The van der Waals surface area contributed by atoms with Gasteiger partial charge in [-0.15, -0.1) is 0 Å². The fraction of sp³-hybridized carbons (Fsp3) is 0.462. The standard InChI is InChI=1S/C13H17IN2O4S/c1-16(9-2-3-9)7-6-15-21(19,20)10-4-5-12(14)11(8-10)13(17)18/h4-5,8-9,15H,2-3,6-7H2,1H3,(H,17,18). The van der Waals surface area contributed by atoms with Gasteiger partial charge in [-0.05, 0) is 60.7 Å². The lowest BCUT2D eigenvalue weighted by Crippen LogP contribution is -2.34. The second-order valence-corrected chi connectivity index (χ2v) is 7.99. The lowest BCUT2D eigenvalue weighted by atomic mass is 10.2. The zero-order valence-electron chi connectivity index (χ0n) is 11.5. The molecule has 1 saturated carbocycles. The van der Waals surface area contributed by atoms with E-state index in [4.69, 9.17) is 5.11 Å². The summed E-state index contributed by atoms with van der Waals surface area (Å²) in [4.78, 5) is 13.2. The van der Waals surface area contributed by atoms with E-state index in [0.717, 1.165) is 0 Å². The quantitative estimate of drug-likeness (QED) is 0.646. The van der Waals surface area contributed by atoms with Gasteiger partial charge >= 0.3 is 5.97 Å². The highest BCUT2D eigenvalue weighted by atomic mass is 127. The van der Waals surface area contributed by atoms with E-state index in [1.165, 1.54) is 31.0 Å². The van der Waals surface area contributed by atoms with Gasteiger partial charge in [0.1, 0.15) is 0 Å². The van der Waals surface area contributed by atoms with Crippen LogP contribution in [0.15, 0.2) is 23.1 Å². The van der Waals surface area contributed by atoms with Crippen molar-refractivity contribution in [2.75, 3.05) is 20.1 Å². The van der Waals surface area contributed by atoms with Gasteiger partial charge < -0.3 is 10.0 Å². The number of halogens is 1. The van der Waals surface area contributed by atoms with Gasteiger partial charge in [0.25, 0.3) is 0 Å². The van der Waals surface area contributed by atoms with Crippen molar-refractivity contribution in [1.82, 2.24) is 9.62 Å². The molecule has 1 fully saturated rings. The molecule has 0 aliphatic heterocycles. The molecular weight excluding hydrogens is 407 g/mol. The van der Waals surface area contributed by atoms with Gasteiger partial charge in [0.2, 0.25) is 10.0 Å². The number of carboxylic acid groups (broad SMARTS) is 1. The van der Waals surface area contributed by atoms with E-state index in [0.29, 0.717) is 22.7 Å². The van der Waals surface area contributed by atoms with Crippen LogP contribution in [-0.2, 0) is 10.0 Å². The summed E-state index contributed by atoms with van der Waals surface area (Å²) >= 11 is 1.87. The Morgan fingerprint density at radius 1 is 1.48 bits per heavy atom. The van der Waals surface area contributed by atoms with Gasteiger partial charge in [0.15, 0.2) is 0 Å². The lowest BCUT2D eigenvalue weighted by molar-refractivity contribution is 0.0695. The molecule has 0 spiro atoms. The molecule has 21 heavy (non-hydrogen) atoms. The zero-order valence-corrected chi connectivity index (χ0v) is 14.5. The Balaban J connectivity index is 2.04. The number of hydrogen-bond acceptors (Lipinski definition) is 4. The molecule has 0 heterocycles. The third kappa shape index (κ3) is 4.38. The SMILES string of the molecule is CN(CCNS(=O)(=O)c1ccc(I)c(C(=O)O)c1)C1CC1. The molecule has 1 aromatic carbocycles. The van der Waals surface area contributed by atoms with E-state index in [2.05, 4.69) is 9.62 Å². The second-order valence-electron chi connectivity index (χ2n) is 5.06. The topological polar surface area (TPSA) is 86.7 Å². The van der Waals surface area contributed by atoms with Gasteiger partial charge in [-0.2, -0.15) is 0 Å². The summed E-state index contributed by atoms with van der Waals surface area (Å²) in [6.45, 7) is 0.948. The molecule has 2 N–H and O–H groups in total. The number of hydrogen-bond donors (Lipinski definition) is 2. The van der Waals surface area contributed by atoms with Crippen LogP contribution in [0.3, 0.4) is 0 Å². The van der Waals surface area contributed by atoms with Crippen molar-refractivity contribution in [1.29, 1.82) is 0 Å². The van der Waals surface area contributed by atoms with Crippen LogP contribution in [0.5, 0.6) is 0 Å². The van der Waals surface area contributed by atoms with Crippen LogP contribution < -0.4 is 4.72 Å². The van der Waals surface area contributed by atoms with Crippen LogP contribution in [0.1, 0.15) is 23.2 Å². The van der Waals surface area contributed by atoms with E-state index in [1.807, 2.05) is 29.6 Å². The van der Waals surface area contributed by atoms with Crippen LogP contribution in [-0.4, -0.2) is 50.6 Å². The third-order valence-corrected chi connectivity index (χ3v) is 5.80. The van der Waals surface area contributed by atoms with Gasteiger partial charge in [0.05, 0.1) is 10.5 Å². The van der Waals surface area contributed by atoms with Crippen molar-refractivity contribution in [2.45, 2.75) is 23.8 Å². The van der Waals surface area contributed by atoms with Crippen molar-refractivity contribution in [2.24, 2.45) is 0 Å². The number of aromatic carboxylic acids is 1. The van der Waals surface area contributed by atoms with Crippen LogP contribution in [0, 0.1) is 3.57 Å². The van der Waals surface area contributed by atoms with Crippen LogP contribution in [0.4, 0.5) is 0 Å². The first-order valence-corrected chi connectivity index (χ1v) is 9.10. The molecule has 0 amide bonds. The third-order valence-electron chi connectivity index (χ3n) is 3.41. The highest BCUT2D eigenvalue weighted by molar-refractivity contribution is 14.1. The maximum Gasteiger partial charge on any atom is 0.336 e. The first-order valence-electron chi connectivity index (χ1n) is 6.54. The number of rotatable bonds is 7. The molecule has 8 heteroatoms. The summed E-state index contributed by atoms with van der Waals surface area (Å²) in [5.74, 6) is -1.13. The van der Waals surface area contributed by atoms with Crippen molar-refractivity contribution < 1.29 is 18.3 Å². The predicted octanol–water partition coefficient (Wildman–Crippen LogP) is 1.36. The average Bonchev–Trinajstić information content (AvgIpc) is 3.22. The summed E-state index contributed by atoms with van der Waals surface area (Å²) in [6.07, 6.45) is 2.34. The number of carbonyl (C=O) groups is 1. The van der Waals surface area contributed by atoms with Crippen molar-refractivity contribution in [3.63, 3.8) is 0 Å². The lowest BCUT2D eigenvalue weighted by Gasteiger charge is -2.16. The first kappa shape index (κ1) is 16.7. The predicted molar refractivity (Wildman–Crippen MR) is 87.0 cm³/mol. The minimum Gasteiger partial charge on any atom is -0.478 e. The molecule has 0 bridgehead atoms. The molecule has 1 aliphatic rings. The molecule has 116 valence electrons. The van der Waals surface area contributed by atoms with E-state index in [9.17, 15) is 13.2 Å². The number of benzene rings is 1. The Bertz CT molecular complexity index is 644. The smallest absolute Gasteiger partial charge is 0.336 e. The van der Waals surface area contributed by atoms with Crippen LogP contribution in [0.25, 0.3) is 0 Å². The number of nitrogens with zero attached hydrogens (tertiary/aromatic N) is 1. The first-order chi connectivity index (χ1) is 9.81. The summed E-state index contributed by atoms with van der Waals surface area (Å²) in [6, 6.07) is 4.68. The Morgan fingerprint density at radius 2 is 2.14 bits per heavy atom. The van der Waals surface area contributed by atoms with Gasteiger partial charge in [-0.25, -0.2) is 17.9 Å². The molecule has 0 radical (unpaired) electrons. The fourth-order valence-electron chi connectivity index (χ4n) is 1.97. The van der Waals surface area contributed by atoms with Crippen LogP contribution in [0.2, 0.25) is 0 Å². The largest absolute Gasteiger partial charge is 0.478 e. The van der Waals surface area contributed by atoms with E-state index < -0.39 is 16.0 Å². The van der Waals surface area contributed by atoms with Crippen molar-refractivity contribution in [3.05, 3.63) is 27.3 Å². The molecule has 1 aromatic rings. The van der Waals surface area contributed by atoms with Gasteiger partial charge in [-0.1, -0.05) is 0 Å². The molecular formula is C13H17IN2O4S. The summed E-state index contributed by atoms with van der Waals surface area (Å²) < 4.78 is 27.3. The fourth-order valence-corrected chi connectivity index (χ4v) is 3.59. The molecule has 0 unspecified atom stereocenters. The Labute approximate surface area is 137 Å². The number of likely N-dealkylation sites (N-methyl/N-ethyl adjacent to an activating group) is 1. The number of sulfonamides is 1.